The number of piperidine rings is 1. The Bertz CT molecular complexity index is 366. The lowest BCUT2D eigenvalue weighted by Crippen LogP contribution is -2.35. The van der Waals surface area contributed by atoms with E-state index < -0.39 is 12.7 Å². The molecule has 1 unspecified atom stereocenters. The molecular weight excluding hydrogens is 366 g/mol. The van der Waals surface area contributed by atoms with Gasteiger partial charge in [-0.05, 0) is 57.2 Å². The predicted octanol–water partition coefficient (Wildman–Crippen LogP) is 2.61. The largest absolute Gasteiger partial charge is 0.401 e. The first-order valence-electron chi connectivity index (χ1n) is 8.19. The maximum absolute atomic E-state index is 12.3. The Morgan fingerprint density at radius 3 is 2.42 bits per heavy atom. The molecule has 0 radical (unpaired) electrons. The topological polar surface area (TPSA) is 44.4 Å². The molecule has 0 bridgehead atoms. The van der Waals surface area contributed by atoms with E-state index in [9.17, 15) is 18.0 Å². The summed E-state index contributed by atoms with van der Waals surface area (Å²) in [5.41, 5.74) is 0. The molecule has 0 saturated carbocycles. The van der Waals surface area contributed by atoms with Crippen LogP contribution in [0.25, 0.3) is 0 Å². The van der Waals surface area contributed by atoms with E-state index in [1.165, 1.54) is 4.90 Å². The molecule has 2 rings (SSSR count). The molecule has 9 heteroatoms. The molecule has 2 aliphatic heterocycles. The van der Waals surface area contributed by atoms with Crippen molar-refractivity contribution in [3.8, 4) is 0 Å². The zero-order chi connectivity index (χ0) is 16.0. The van der Waals surface area contributed by atoms with E-state index in [2.05, 4.69) is 10.6 Å². The molecule has 0 aromatic rings. The lowest BCUT2D eigenvalue weighted by Gasteiger charge is -2.22. The van der Waals surface area contributed by atoms with Crippen LogP contribution in [0.3, 0.4) is 0 Å². The van der Waals surface area contributed by atoms with Crippen LogP contribution in [0.1, 0.15) is 32.1 Å². The Morgan fingerprint density at radius 1 is 1.12 bits per heavy atom. The maximum Gasteiger partial charge on any atom is 0.401 e. The quantitative estimate of drug-likeness (QED) is 0.728. The SMILES string of the molecule is Cl.Cl.O=C(CCC1CCNCC1)NCC1CCN(CC(F)(F)F)C1. The molecule has 2 aliphatic rings. The van der Waals surface area contributed by atoms with Gasteiger partial charge in [0.1, 0.15) is 0 Å². The Balaban J connectivity index is 0.00000264. The highest BCUT2D eigenvalue weighted by Crippen LogP contribution is 2.22. The highest BCUT2D eigenvalue weighted by molar-refractivity contribution is 5.85. The fourth-order valence-electron chi connectivity index (χ4n) is 3.33. The van der Waals surface area contributed by atoms with Crippen molar-refractivity contribution in [1.29, 1.82) is 0 Å². The summed E-state index contributed by atoms with van der Waals surface area (Å²) in [5.74, 6) is 0.804. The Morgan fingerprint density at radius 2 is 1.79 bits per heavy atom. The molecule has 1 atom stereocenters. The summed E-state index contributed by atoms with van der Waals surface area (Å²) in [5, 5.41) is 6.18. The van der Waals surface area contributed by atoms with Gasteiger partial charge in [-0.1, -0.05) is 0 Å². The Hall–Kier alpha value is -0.240. The molecule has 0 aromatic carbocycles. The van der Waals surface area contributed by atoms with Crippen molar-refractivity contribution >= 4 is 30.7 Å². The number of rotatable bonds is 6. The van der Waals surface area contributed by atoms with E-state index in [1.807, 2.05) is 0 Å². The van der Waals surface area contributed by atoms with Crippen molar-refractivity contribution in [2.24, 2.45) is 11.8 Å². The van der Waals surface area contributed by atoms with Crippen LogP contribution in [0.2, 0.25) is 0 Å². The molecule has 144 valence electrons. The van der Waals surface area contributed by atoms with Crippen molar-refractivity contribution in [2.75, 3.05) is 39.3 Å². The summed E-state index contributed by atoms with van der Waals surface area (Å²) >= 11 is 0. The van der Waals surface area contributed by atoms with Crippen molar-refractivity contribution in [1.82, 2.24) is 15.5 Å². The summed E-state index contributed by atoms with van der Waals surface area (Å²) in [6.45, 7) is 2.61. The van der Waals surface area contributed by atoms with Crippen molar-refractivity contribution < 1.29 is 18.0 Å². The number of alkyl halides is 3. The molecule has 2 fully saturated rings. The van der Waals surface area contributed by atoms with Crippen LogP contribution in [0.5, 0.6) is 0 Å². The number of halogens is 5. The average molecular weight is 394 g/mol. The molecule has 2 saturated heterocycles. The van der Waals surface area contributed by atoms with Gasteiger partial charge in [0.25, 0.3) is 0 Å². The standard InChI is InChI=1S/C15H26F3N3O.2ClH/c16-15(17,18)11-21-8-5-13(10-21)9-20-14(22)2-1-12-3-6-19-7-4-12;;/h12-13,19H,1-11H2,(H,20,22);2*1H. The summed E-state index contributed by atoms with van der Waals surface area (Å²) in [6.07, 6.45) is 0.296. The summed E-state index contributed by atoms with van der Waals surface area (Å²) in [6, 6.07) is 0. The average Bonchev–Trinajstić information content (AvgIpc) is 2.89. The Labute approximate surface area is 154 Å². The Kier molecular flexibility index (Phi) is 11.3. The predicted molar refractivity (Wildman–Crippen MR) is 92.9 cm³/mol. The second kappa shape index (κ2) is 11.4. The number of carbonyl (C=O) groups excluding carboxylic acids is 1. The number of likely N-dealkylation sites (tertiary alicyclic amines) is 1. The van der Waals surface area contributed by atoms with E-state index in [1.54, 1.807) is 0 Å². The molecule has 2 heterocycles. The molecule has 24 heavy (non-hydrogen) atoms. The summed E-state index contributed by atoms with van der Waals surface area (Å²) in [7, 11) is 0. The minimum Gasteiger partial charge on any atom is -0.356 e. The van der Waals surface area contributed by atoms with E-state index >= 15 is 0 Å². The van der Waals surface area contributed by atoms with E-state index in [4.69, 9.17) is 0 Å². The van der Waals surface area contributed by atoms with Gasteiger partial charge >= 0.3 is 6.18 Å². The van der Waals surface area contributed by atoms with Crippen molar-refractivity contribution in [3.63, 3.8) is 0 Å². The second-order valence-electron chi connectivity index (χ2n) is 6.54. The monoisotopic (exact) mass is 393 g/mol. The maximum atomic E-state index is 12.3. The molecule has 4 nitrogen and oxygen atoms in total. The summed E-state index contributed by atoms with van der Waals surface area (Å²) < 4.78 is 36.9. The fourth-order valence-corrected chi connectivity index (χ4v) is 3.33. The van der Waals surface area contributed by atoms with Crippen LogP contribution < -0.4 is 10.6 Å². The molecule has 1 amide bonds. The van der Waals surface area contributed by atoms with Gasteiger partial charge in [-0.2, -0.15) is 13.2 Å². The smallest absolute Gasteiger partial charge is 0.356 e. The van der Waals surface area contributed by atoms with Crippen molar-refractivity contribution in [3.05, 3.63) is 0 Å². The number of nitrogens with zero attached hydrogens (tertiary/aromatic N) is 1. The highest BCUT2D eigenvalue weighted by Gasteiger charge is 2.34. The van der Waals surface area contributed by atoms with Crippen LogP contribution in [0.15, 0.2) is 0 Å². The zero-order valence-electron chi connectivity index (χ0n) is 13.7. The van der Waals surface area contributed by atoms with Crippen LogP contribution in [-0.2, 0) is 4.79 Å². The number of hydrogen-bond acceptors (Lipinski definition) is 3. The van der Waals surface area contributed by atoms with Crippen LogP contribution >= 0.6 is 24.8 Å². The molecule has 0 aromatic heterocycles. The van der Waals surface area contributed by atoms with Gasteiger partial charge in [0.15, 0.2) is 0 Å². The van der Waals surface area contributed by atoms with Gasteiger partial charge in [0, 0.05) is 19.5 Å². The number of amides is 1. The van der Waals surface area contributed by atoms with Gasteiger partial charge < -0.3 is 10.6 Å². The second-order valence-corrected chi connectivity index (χ2v) is 6.54. The molecule has 2 N–H and O–H groups in total. The van der Waals surface area contributed by atoms with Crippen LogP contribution in [0.4, 0.5) is 13.2 Å². The van der Waals surface area contributed by atoms with E-state index in [0.29, 0.717) is 32.0 Å². The minimum atomic E-state index is -4.13. The molecule has 0 aliphatic carbocycles. The lowest BCUT2D eigenvalue weighted by atomic mass is 9.93. The third kappa shape index (κ3) is 9.30. The number of carbonyl (C=O) groups is 1. The third-order valence-electron chi connectivity index (χ3n) is 4.60. The first kappa shape index (κ1) is 23.8. The molecule has 0 spiro atoms. The van der Waals surface area contributed by atoms with Gasteiger partial charge in [-0.15, -0.1) is 24.8 Å². The lowest BCUT2D eigenvalue weighted by molar-refractivity contribution is -0.143. The first-order valence-corrected chi connectivity index (χ1v) is 8.19. The highest BCUT2D eigenvalue weighted by atomic mass is 35.5. The fraction of sp³-hybridized carbons (Fsp3) is 0.933. The summed E-state index contributed by atoms with van der Waals surface area (Å²) in [4.78, 5) is 13.3. The first-order chi connectivity index (χ1) is 10.4. The van der Waals surface area contributed by atoms with E-state index in [-0.39, 0.29) is 36.6 Å². The van der Waals surface area contributed by atoms with Gasteiger partial charge in [0.2, 0.25) is 5.91 Å². The zero-order valence-corrected chi connectivity index (χ0v) is 15.4. The minimum absolute atomic E-state index is 0. The van der Waals surface area contributed by atoms with Gasteiger partial charge in [0.05, 0.1) is 6.54 Å². The van der Waals surface area contributed by atoms with Gasteiger partial charge in [-0.25, -0.2) is 0 Å². The normalized spacial score (nSPS) is 22.5. The number of nitrogens with one attached hydrogen (secondary N) is 2. The number of hydrogen-bond donors (Lipinski definition) is 2. The van der Waals surface area contributed by atoms with E-state index in [0.717, 1.165) is 38.8 Å². The van der Waals surface area contributed by atoms with Gasteiger partial charge in [-0.3, -0.25) is 9.69 Å². The van der Waals surface area contributed by atoms with Crippen molar-refractivity contribution in [2.45, 2.75) is 38.3 Å². The third-order valence-corrected chi connectivity index (χ3v) is 4.60. The van der Waals surface area contributed by atoms with Crippen LogP contribution in [0, 0.1) is 11.8 Å². The van der Waals surface area contributed by atoms with Crippen LogP contribution in [-0.4, -0.2) is 56.3 Å². The molecular formula is C15H28Cl2F3N3O.